The first kappa shape index (κ1) is 6.12. The molecule has 9 heavy (non-hydrogen) atoms. The molecule has 0 saturated heterocycles. The smallest absolute Gasteiger partial charge is 0.0674 e. The maximum absolute atomic E-state index is 2.35. The van der Waals surface area contributed by atoms with E-state index in [0.717, 1.165) is 0 Å². The molecule has 0 aliphatic rings. The number of halogens is 1. The highest BCUT2D eigenvalue weighted by Crippen LogP contribution is 2.30. The summed E-state index contributed by atoms with van der Waals surface area (Å²) in [4.78, 5) is 0. The largest absolute Gasteiger partial charge is 0.143 e. The summed E-state index contributed by atoms with van der Waals surface area (Å²) in [6, 6.07) is 4.40. The average Bonchev–Trinajstić information content (AvgIpc) is 2.22. The normalized spacial score (nSPS) is 10.8. The fourth-order valence-corrected chi connectivity index (χ4v) is 3.80. The Labute approximate surface area is 74.7 Å². The van der Waals surface area contributed by atoms with Crippen LogP contribution in [0.4, 0.5) is 0 Å². The Balaban J connectivity index is 2.92. The molecule has 0 unspecified atom stereocenters. The zero-order valence-electron chi connectivity index (χ0n) is 4.43. The minimum Gasteiger partial charge on any atom is -0.143 e. The van der Waals surface area contributed by atoms with Crippen molar-refractivity contribution in [2.45, 2.75) is 0 Å². The summed E-state index contributed by atoms with van der Waals surface area (Å²) in [5.41, 5.74) is 0. The summed E-state index contributed by atoms with van der Waals surface area (Å²) in [5, 5.41) is 2.14. The van der Waals surface area contributed by atoms with Gasteiger partial charge in [0.05, 0.1) is 2.88 Å². The number of fused-ring (bicyclic) bond motifs is 1. The van der Waals surface area contributed by atoms with E-state index in [4.69, 9.17) is 0 Å². The summed E-state index contributed by atoms with van der Waals surface area (Å²) >= 11 is 6.02. The Bertz CT molecular complexity index is 292. The number of thiophene rings is 2. The van der Waals surface area contributed by atoms with E-state index in [1.54, 1.807) is 0 Å². The molecule has 0 radical (unpaired) electrons. The lowest BCUT2D eigenvalue weighted by Gasteiger charge is -1.67. The van der Waals surface area contributed by atoms with Gasteiger partial charge in [-0.05, 0) is 40.1 Å². The molecular formula is C6H3IS2. The molecule has 2 rings (SSSR count). The van der Waals surface area contributed by atoms with Gasteiger partial charge in [-0.2, -0.15) is 0 Å². The summed E-state index contributed by atoms with van der Waals surface area (Å²) in [7, 11) is 0. The van der Waals surface area contributed by atoms with Gasteiger partial charge in [0, 0.05) is 9.40 Å². The third kappa shape index (κ3) is 1.01. The third-order valence-corrected chi connectivity index (χ3v) is 3.96. The first-order chi connectivity index (χ1) is 4.36. The summed E-state index contributed by atoms with van der Waals surface area (Å²) in [5.74, 6) is 0. The molecule has 0 nitrogen and oxygen atoms in total. The van der Waals surface area contributed by atoms with Crippen LogP contribution in [0.25, 0.3) is 9.40 Å². The van der Waals surface area contributed by atoms with Crippen LogP contribution in [-0.2, 0) is 0 Å². The van der Waals surface area contributed by atoms with Gasteiger partial charge >= 0.3 is 0 Å². The van der Waals surface area contributed by atoms with E-state index in [0.29, 0.717) is 0 Å². The highest BCUT2D eigenvalue weighted by molar-refractivity contribution is 14.1. The SMILES string of the molecule is Ic1cc2sccc2s1. The van der Waals surface area contributed by atoms with Crippen molar-refractivity contribution in [1.29, 1.82) is 0 Å². The van der Waals surface area contributed by atoms with Crippen LogP contribution in [0, 0.1) is 2.88 Å². The van der Waals surface area contributed by atoms with E-state index >= 15 is 0 Å². The fraction of sp³-hybridized carbons (Fsp3) is 0. The maximum atomic E-state index is 2.35. The van der Waals surface area contributed by atoms with Crippen LogP contribution in [0.3, 0.4) is 0 Å². The highest BCUT2D eigenvalue weighted by Gasteiger charge is 1.97. The van der Waals surface area contributed by atoms with Gasteiger partial charge in [-0.1, -0.05) is 0 Å². The van der Waals surface area contributed by atoms with Crippen LogP contribution in [0.2, 0.25) is 0 Å². The van der Waals surface area contributed by atoms with Crippen molar-refractivity contribution in [2.24, 2.45) is 0 Å². The Kier molecular flexibility index (Phi) is 1.51. The van der Waals surface area contributed by atoms with E-state index in [9.17, 15) is 0 Å². The zero-order valence-corrected chi connectivity index (χ0v) is 8.22. The van der Waals surface area contributed by atoms with Crippen LogP contribution in [0.1, 0.15) is 0 Å². The van der Waals surface area contributed by atoms with Gasteiger partial charge < -0.3 is 0 Å². The van der Waals surface area contributed by atoms with E-state index in [1.807, 2.05) is 22.7 Å². The molecule has 0 amide bonds. The Morgan fingerprint density at radius 1 is 1.33 bits per heavy atom. The summed E-state index contributed by atoms with van der Waals surface area (Å²) in [6.07, 6.45) is 0. The number of hydrogen-bond acceptors (Lipinski definition) is 2. The molecule has 0 N–H and O–H groups in total. The first-order valence-electron chi connectivity index (χ1n) is 2.49. The van der Waals surface area contributed by atoms with Crippen molar-refractivity contribution in [3.05, 3.63) is 20.4 Å². The van der Waals surface area contributed by atoms with E-state index in [1.165, 1.54) is 12.3 Å². The molecule has 2 aromatic rings. The average molecular weight is 266 g/mol. The van der Waals surface area contributed by atoms with Crippen molar-refractivity contribution in [3.63, 3.8) is 0 Å². The molecule has 46 valence electrons. The molecule has 2 aromatic heterocycles. The second kappa shape index (κ2) is 2.21. The lowest BCUT2D eigenvalue weighted by Crippen LogP contribution is -1.41. The molecule has 0 fully saturated rings. The molecule has 2 heterocycles. The van der Waals surface area contributed by atoms with Crippen LogP contribution >= 0.6 is 45.3 Å². The van der Waals surface area contributed by atoms with E-state index in [-0.39, 0.29) is 0 Å². The molecule has 0 spiro atoms. The quantitative estimate of drug-likeness (QED) is 0.639. The standard InChI is InChI=1S/C6H3IS2/c7-6-3-5-4(9-6)1-2-8-5/h1-3H. The molecule has 0 bridgehead atoms. The predicted molar refractivity (Wildman–Crippen MR) is 52.4 cm³/mol. The monoisotopic (exact) mass is 266 g/mol. The Morgan fingerprint density at radius 3 is 3.00 bits per heavy atom. The van der Waals surface area contributed by atoms with Crippen molar-refractivity contribution in [1.82, 2.24) is 0 Å². The molecule has 3 heteroatoms. The van der Waals surface area contributed by atoms with Crippen molar-refractivity contribution < 1.29 is 0 Å². The zero-order chi connectivity index (χ0) is 6.27. The topological polar surface area (TPSA) is 0 Å². The Hall–Kier alpha value is 0.390. The molecule has 0 aliphatic carbocycles. The number of rotatable bonds is 0. The van der Waals surface area contributed by atoms with Crippen molar-refractivity contribution >= 4 is 54.7 Å². The van der Waals surface area contributed by atoms with E-state index < -0.39 is 0 Å². The lowest BCUT2D eigenvalue weighted by molar-refractivity contribution is 2.12. The van der Waals surface area contributed by atoms with Gasteiger partial charge in [0.1, 0.15) is 0 Å². The maximum Gasteiger partial charge on any atom is 0.0674 e. The fourth-order valence-electron chi connectivity index (χ4n) is 0.736. The van der Waals surface area contributed by atoms with Gasteiger partial charge in [-0.15, -0.1) is 22.7 Å². The highest BCUT2D eigenvalue weighted by atomic mass is 127. The summed E-state index contributed by atoms with van der Waals surface area (Å²) < 4.78 is 4.23. The van der Waals surface area contributed by atoms with Crippen LogP contribution < -0.4 is 0 Å². The van der Waals surface area contributed by atoms with E-state index in [2.05, 4.69) is 40.1 Å². The molecule has 0 aliphatic heterocycles. The lowest BCUT2D eigenvalue weighted by atomic mass is 10.5. The second-order valence-corrected chi connectivity index (χ2v) is 5.63. The first-order valence-corrected chi connectivity index (χ1v) is 5.26. The van der Waals surface area contributed by atoms with Crippen LogP contribution in [0.5, 0.6) is 0 Å². The molecule has 0 atom stereocenters. The van der Waals surface area contributed by atoms with Gasteiger partial charge in [0.2, 0.25) is 0 Å². The molecule has 0 saturated carbocycles. The van der Waals surface area contributed by atoms with Gasteiger partial charge in [-0.25, -0.2) is 0 Å². The summed E-state index contributed by atoms with van der Waals surface area (Å²) in [6.45, 7) is 0. The predicted octanol–water partition coefficient (Wildman–Crippen LogP) is 3.57. The van der Waals surface area contributed by atoms with Crippen LogP contribution in [-0.4, -0.2) is 0 Å². The number of hydrogen-bond donors (Lipinski definition) is 0. The minimum atomic E-state index is 1.38. The van der Waals surface area contributed by atoms with Gasteiger partial charge in [0.15, 0.2) is 0 Å². The second-order valence-electron chi connectivity index (χ2n) is 1.70. The minimum absolute atomic E-state index is 1.38. The Morgan fingerprint density at radius 2 is 2.22 bits per heavy atom. The molecular weight excluding hydrogens is 263 g/mol. The van der Waals surface area contributed by atoms with Crippen molar-refractivity contribution in [3.8, 4) is 0 Å². The van der Waals surface area contributed by atoms with Gasteiger partial charge in [-0.3, -0.25) is 0 Å². The molecule has 0 aromatic carbocycles. The van der Waals surface area contributed by atoms with Crippen molar-refractivity contribution in [2.75, 3.05) is 0 Å². The van der Waals surface area contributed by atoms with Crippen LogP contribution in [0.15, 0.2) is 17.5 Å². The van der Waals surface area contributed by atoms with Gasteiger partial charge in [0.25, 0.3) is 0 Å². The third-order valence-electron chi connectivity index (χ3n) is 1.11.